The zero-order chi connectivity index (χ0) is 8.48. The SMILES string of the molecule is [2H]C([2H])(F)c1ccccc1Br. The number of hydrogen-bond donors (Lipinski definition) is 0. The Hall–Kier alpha value is -0.370. The number of halogens is 2. The average Bonchev–Trinajstić information content (AvgIpc) is 1.86. The minimum absolute atomic E-state index is 0.0278. The maximum atomic E-state index is 12.7. The molecule has 2 heteroatoms. The van der Waals surface area contributed by atoms with E-state index in [0.717, 1.165) is 0 Å². The molecular weight excluding hydrogens is 183 g/mol. The maximum Gasteiger partial charge on any atom is 0.116 e. The molecule has 0 aromatic heterocycles. The summed E-state index contributed by atoms with van der Waals surface area (Å²) >= 11 is 3.05. The Morgan fingerprint density at radius 2 is 2.22 bits per heavy atom. The lowest BCUT2D eigenvalue weighted by Crippen LogP contribution is -1.77. The molecule has 0 aliphatic carbocycles. The Morgan fingerprint density at radius 3 is 2.67 bits per heavy atom. The van der Waals surface area contributed by atoms with Gasteiger partial charge >= 0.3 is 0 Å². The molecular formula is C7H6BrF. The van der Waals surface area contributed by atoms with Gasteiger partial charge in [-0.25, -0.2) is 4.39 Å². The molecule has 0 aliphatic rings. The lowest BCUT2D eigenvalue weighted by atomic mass is 10.2. The molecule has 9 heavy (non-hydrogen) atoms. The molecule has 1 aromatic rings. The van der Waals surface area contributed by atoms with Gasteiger partial charge in [0.05, 0.1) is 2.74 Å². The monoisotopic (exact) mass is 190 g/mol. The summed E-state index contributed by atoms with van der Waals surface area (Å²) in [4.78, 5) is 0. The fourth-order valence-electron chi connectivity index (χ4n) is 0.538. The molecule has 1 rings (SSSR count). The van der Waals surface area contributed by atoms with E-state index in [4.69, 9.17) is 2.74 Å². The minimum atomic E-state index is -2.76. The van der Waals surface area contributed by atoms with E-state index in [-0.39, 0.29) is 5.56 Å². The Kier molecular flexibility index (Phi) is 1.47. The molecule has 0 N–H and O–H groups in total. The Morgan fingerprint density at radius 1 is 1.56 bits per heavy atom. The Labute approximate surface area is 64.6 Å². The first-order valence-corrected chi connectivity index (χ1v) is 3.25. The maximum absolute atomic E-state index is 12.7. The molecule has 48 valence electrons. The molecule has 0 heterocycles. The molecule has 0 nitrogen and oxygen atoms in total. The Bertz CT molecular complexity index is 257. The van der Waals surface area contributed by atoms with E-state index in [1.807, 2.05) is 0 Å². The van der Waals surface area contributed by atoms with Crippen LogP contribution in [-0.4, -0.2) is 0 Å². The van der Waals surface area contributed by atoms with Crippen molar-refractivity contribution in [2.45, 2.75) is 6.63 Å². The van der Waals surface area contributed by atoms with Crippen LogP contribution in [-0.2, 0) is 6.63 Å². The fourth-order valence-corrected chi connectivity index (χ4v) is 0.898. The van der Waals surface area contributed by atoms with Crippen molar-refractivity contribution >= 4 is 15.9 Å². The van der Waals surface area contributed by atoms with Crippen LogP contribution in [0.1, 0.15) is 8.30 Å². The minimum Gasteiger partial charge on any atom is -0.246 e. The summed E-state index contributed by atoms with van der Waals surface area (Å²) in [6.07, 6.45) is 0. The van der Waals surface area contributed by atoms with Crippen LogP contribution in [0.25, 0.3) is 0 Å². The summed E-state index contributed by atoms with van der Waals surface area (Å²) in [6.45, 7) is -2.76. The van der Waals surface area contributed by atoms with E-state index < -0.39 is 6.63 Å². The first-order valence-electron chi connectivity index (χ1n) is 3.46. The van der Waals surface area contributed by atoms with Crippen LogP contribution in [0.5, 0.6) is 0 Å². The predicted octanol–water partition coefficient (Wildman–Crippen LogP) is 2.92. The van der Waals surface area contributed by atoms with Crippen LogP contribution in [0, 0.1) is 0 Å². The van der Waals surface area contributed by atoms with Gasteiger partial charge in [-0.15, -0.1) is 0 Å². The summed E-state index contributed by atoms with van der Waals surface area (Å²) in [5.74, 6) is 0. The van der Waals surface area contributed by atoms with E-state index >= 15 is 0 Å². The van der Waals surface area contributed by atoms with E-state index in [1.165, 1.54) is 6.07 Å². The molecule has 0 fully saturated rings. The zero-order valence-corrected chi connectivity index (χ0v) is 6.15. The van der Waals surface area contributed by atoms with Gasteiger partial charge in [-0.1, -0.05) is 34.1 Å². The highest BCUT2D eigenvalue weighted by atomic mass is 79.9. The second kappa shape index (κ2) is 2.97. The van der Waals surface area contributed by atoms with E-state index in [1.54, 1.807) is 18.2 Å². The molecule has 0 saturated heterocycles. The van der Waals surface area contributed by atoms with Crippen LogP contribution >= 0.6 is 15.9 Å². The van der Waals surface area contributed by atoms with Crippen molar-refractivity contribution in [3.63, 3.8) is 0 Å². The van der Waals surface area contributed by atoms with E-state index in [9.17, 15) is 4.39 Å². The third kappa shape index (κ3) is 1.52. The van der Waals surface area contributed by atoms with Gasteiger partial charge in [-0.05, 0) is 11.6 Å². The fraction of sp³-hybridized carbons (Fsp3) is 0.143. The second-order valence-corrected chi connectivity index (χ2v) is 2.43. The molecule has 0 aliphatic heterocycles. The number of hydrogen-bond acceptors (Lipinski definition) is 0. The van der Waals surface area contributed by atoms with Gasteiger partial charge in [0.25, 0.3) is 0 Å². The smallest absolute Gasteiger partial charge is 0.116 e. The van der Waals surface area contributed by atoms with Crippen molar-refractivity contribution in [1.82, 2.24) is 0 Å². The van der Waals surface area contributed by atoms with Gasteiger partial charge in [-0.3, -0.25) is 0 Å². The van der Waals surface area contributed by atoms with Crippen LogP contribution in [0.3, 0.4) is 0 Å². The topological polar surface area (TPSA) is 0 Å². The quantitative estimate of drug-likeness (QED) is 0.640. The first kappa shape index (κ1) is 4.45. The molecule has 0 radical (unpaired) electrons. The lowest BCUT2D eigenvalue weighted by Gasteiger charge is -1.94. The molecule has 0 bridgehead atoms. The summed E-state index contributed by atoms with van der Waals surface area (Å²) < 4.78 is 26.7. The van der Waals surface area contributed by atoms with Gasteiger partial charge in [0.2, 0.25) is 0 Å². The Balaban J connectivity index is 3.14. The molecule has 0 amide bonds. The van der Waals surface area contributed by atoms with Crippen molar-refractivity contribution in [1.29, 1.82) is 0 Å². The highest BCUT2D eigenvalue weighted by molar-refractivity contribution is 9.10. The second-order valence-electron chi connectivity index (χ2n) is 1.57. The van der Waals surface area contributed by atoms with Gasteiger partial charge in [0.15, 0.2) is 0 Å². The predicted molar refractivity (Wildman–Crippen MR) is 39.0 cm³/mol. The van der Waals surface area contributed by atoms with Crippen molar-refractivity contribution in [3.8, 4) is 0 Å². The molecule has 0 saturated carbocycles. The van der Waals surface area contributed by atoms with Crippen molar-refractivity contribution in [2.24, 2.45) is 0 Å². The van der Waals surface area contributed by atoms with E-state index in [0.29, 0.717) is 4.47 Å². The van der Waals surface area contributed by atoms with Gasteiger partial charge in [0.1, 0.15) is 6.63 Å². The van der Waals surface area contributed by atoms with Gasteiger partial charge in [0, 0.05) is 4.47 Å². The highest BCUT2D eigenvalue weighted by Crippen LogP contribution is 2.15. The van der Waals surface area contributed by atoms with Crippen LogP contribution < -0.4 is 0 Å². The van der Waals surface area contributed by atoms with Crippen LogP contribution in [0.2, 0.25) is 0 Å². The standard InChI is InChI=1S/C7H6BrF/c8-7-4-2-1-3-6(7)5-9/h1-4H,5H2/i5D2. The van der Waals surface area contributed by atoms with E-state index in [2.05, 4.69) is 15.9 Å². The molecule has 0 unspecified atom stereocenters. The molecule has 1 aromatic carbocycles. The summed E-state index contributed by atoms with van der Waals surface area (Å²) in [6, 6.07) is 6.31. The number of alkyl halides is 1. The summed E-state index contributed by atoms with van der Waals surface area (Å²) in [5.41, 5.74) is 0.0278. The number of benzene rings is 1. The first-order chi connectivity index (χ1) is 5.02. The largest absolute Gasteiger partial charge is 0.246 e. The van der Waals surface area contributed by atoms with Gasteiger partial charge in [-0.2, -0.15) is 0 Å². The van der Waals surface area contributed by atoms with Crippen molar-refractivity contribution in [3.05, 3.63) is 34.3 Å². The molecule has 0 atom stereocenters. The summed E-state index contributed by atoms with van der Waals surface area (Å²) in [7, 11) is 0. The normalized spacial score (nSPS) is 14.4. The lowest BCUT2D eigenvalue weighted by molar-refractivity contribution is 0.484. The average molecular weight is 191 g/mol. The molecule has 0 spiro atoms. The van der Waals surface area contributed by atoms with Crippen molar-refractivity contribution < 1.29 is 7.13 Å². The summed E-state index contributed by atoms with van der Waals surface area (Å²) in [5, 5.41) is 0. The van der Waals surface area contributed by atoms with Crippen LogP contribution in [0.15, 0.2) is 28.7 Å². The van der Waals surface area contributed by atoms with Gasteiger partial charge < -0.3 is 0 Å². The van der Waals surface area contributed by atoms with Crippen LogP contribution in [0.4, 0.5) is 4.39 Å². The number of rotatable bonds is 1. The highest BCUT2D eigenvalue weighted by Gasteiger charge is 1.93. The zero-order valence-electron chi connectivity index (χ0n) is 6.57. The third-order valence-electron chi connectivity index (χ3n) is 0.976. The van der Waals surface area contributed by atoms with Crippen molar-refractivity contribution in [2.75, 3.05) is 0 Å². The third-order valence-corrected chi connectivity index (χ3v) is 1.67.